The Labute approximate surface area is 123 Å². The predicted molar refractivity (Wildman–Crippen MR) is 82.9 cm³/mol. The molecule has 0 aliphatic heterocycles. The normalized spacial score (nSPS) is 10.9. The average Bonchev–Trinajstić information content (AvgIpc) is 2.81. The van der Waals surface area contributed by atoms with Gasteiger partial charge in [0.15, 0.2) is 4.47 Å². The fraction of sp³-hybridized carbons (Fsp3) is 0.357. The Balaban J connectivity index is 1.84. The molecule has 0 fully saturated rings. The number of hydrogen-bond donors (Lipinski definition) is 2. The molecular formula is C14H18ClN3S. The number of hydrogen-bond acceptors (Lipinski definition) is 4. The molecule has 5 heteroatoms. The van der Waals surface area contributed by atoms with Crippen molar-refractivity contribution in [2.75, 3.05) is 5.32 Å². The molecule has 0 atom stereocenters. The van der Waals surface area contributed by atoms with Gasteiger partial charge in [-0.25, -0.2) is 4.98 Å². The lowest BCUT2D eigenvalue weighted by Crippen LogP contribution is -2.21. The number of aromatic nitrogens is 1. The van der Waals surface area contributed by atoms with Crippen LogP contribution in [0, 0.1) is 0 Å². The van der Waals surface area contributed by atoms with E-state index in [9.17, 15) is 0 Å². The van der Waals surface area contributed by atoms with E-state index in [1.165, 1.54) is 16.9 Å². The third-order valence-corrected chi connectivity index (χ3v) is 3.78. The van der Waals surface area contributed by atoms with Gasteiger partial charge < -0.3 is 10.6 Å². The summed E-state index contributed by atoms with van der Waals surface area (Å²) in [6, 6.07) is 8.98. The Morgan fingerprint density at radius 2 is 1.95 bits per heavy atom. The van der Waals surface area contributed by atoms with Gasteiger partial charge in [0.2, 0.25) is 0 Å². The summed E-state index contributed by atoms with van der Waals surface area (Å²) < 4.78 is 0.590. The first-order chi connectivity index (χ1) is 9.13. The number of halogens is 1. The average molecular weight is 296 g/mol. The first-order valence-corrected chi connectivity index (χ1v) is 7.49. The second-order valence-corrected chi connectivity index (χ2v) is 6.36. The lowest BCUT2D eigenvalue weighted by molar-refractivity contribution is 0.589. The molecule has 0 bridgehead atoms. The molecule has 0 aliphatic rings. The Morgan fingerprint density at radius 1 is 1.21 bits per heavy atom. The molecular weight excluding hydrogens is 278 g/mol. The first kappa shape index (κ1) is 14.3. The maximum Gasteiger partial charge on any atom is 0.183 e. The van der Waals surface area contributed by atoms with E-state index in [1.54, 1.807) is 6.20 Å². The van der Waals surface area contributed by atoms with Crippen molar-refractivity contribution in [3.8, 4) is 0 Å². The molecule has 3 nitrogen and oxygen atoms in total. The summed E-state index contributed by atoms with van der Waals surface area (Å²) in [5.74, 6) is 0. The maximum absolute atomic E-state index is 5.80. The van der Waals surface area contributed by atoms with Gasteiger partial charge in [0.05, 0.1) is 6.54 Å². The summed E-state index contributed by atoms with van der Waals surface area (Å²) in [5, 5.41) is 6.76. The lowest BCUT2D eigenvalue weighted by atomic mass is 10.2. The smallest absolute Gasteiger partial charge is 0.183 e. The molecule has 2 N–H and O–H groups in total. The second-order valence-electron chi connectivity index (χ2n) is 4.67. The van der Waals surface area contributed by atoms with Crippen LogP contribution in [0.2, 0.25) is 4.47 Å². The van der Waals surface area contributed by atoms with Crippen LogP contribution in [-0.4, -0.2) is 11.0 Å². The van der Waals surface area contributed by atoms with Gasteiger partial charge in [0.25, 0.3) is 0 Å². The Bertz CT molecular complexity index is 508. The number of thiazole rings is 1. The summed E-state index contributed by atoms with van der Waals surface area (Å²) in [7, 11) is 0. The van der Waals surface area contributed by atoms with Crippen LogP contribution in [0.5, 0.6) is 0 Å². The number of nitrogens with zero attached hydrogens (tertiary/aromatic N) is 1. The molecule has 1 heterocycles. The van der Waals surface area contributed by atoms with Crippen molar-refractivity contribution < 1.29 is 0 Å². The van der Waals surface area contributed by atoms with Gasteiger partial charge in [0, 0.05) is 29.3 Å². The van der Waals surface area contributed by atoms with E-state index < -0.39 is 0 Å². The molecule has 0 radical (unpaired) electrons. The third-order valence-electron chi connectivity index (χ3n) is 2.66. The van der Waals surface area contributed by atoms with E-state index >= 15 is 0 Å². The summed E-state index contributed by atoms with van der Waals surface area (Å²) in [6.07, 6.45) is 1.81. The summed E-state index contributed by atoms with van der Waals surface area (Å²) in [6.45, 7) is 5.96. The highest BCUT2D eigenvalue weighted by Crippen LogP contribution is 2.19. The van der Waals surface area contributed by atoms with Gasteiger partial charge in [-0.15, -0.1) is 11.3 Å². The minimum absolute atomic E-state index is 0.508. The van der Waals surface area contributed by atoms with Crippen LogP contribution in [-0.2, 0) is 13.1 Å². The molecule has 1 aromatic heterocycles. The third kappa shape index (κ3) is 4.82. The Kier molecular flexibility index (Phi) is 5.19. The SMILES string of the molecule is CC(C)NCc1ccc(NCc2cnc(Cl)s2)cc1. The fourth-order valence-electron chi connectivity index (χ4n) is 1.62. The number of nitrogens with one attached hydrogen (secondary N) is 2. The van der Waals surface area contributed by atoms with Crippen LogP contribution in [0.3, 0.4) is 0 Å². The Hall–Kier alpha value is -1.10. The molecule has 2 aromatic rings. The molecule has 102 valence electrons. The zero-order valence-corrected chi connectivity index (χ0v) is 12.7. The van der Waals surface area contributed by atoms with E-state index in [1.807, 2.05) is 0 Å². The number of benzene rings is 1. The predicted octanol–water partition coefficient (Wildman–Crippen LogP) is 3.91. The van der Waals surface area contributed by atoms with Gasteiger partial charge in [-0.05, 0) is 17.7 Å². The highest BCUT2D eigenvalue weighted by atomic mass is 35.5. The molecule has 19 heavy (non-hydrogen) atoms. The molecule has 0 unspecified atom stereocenters. The topological polar surface area (TPSA) is 37.0 Å². The summed E-state index contributed by atoms with van der Waals surface area (Å²) >= 11 is 7.30. The van der Waals surface area contributed by atoms with Gasteiger partial charge in [-0.2, -0.15) is 0 Å². The van der Waals surface area contributed by atoms with Gasteiger partial charge in [0.1, 0.15) is 0 Å². The number of rotatable bonds is 6. The maximum atomic E-state index is 5.80. The second kappa shape index (κ2) is 6.89. The molecule has 0 saturated carbocycles. The molecule has 0 amide bonds. The van der Waals surface area contributed by atoms with Crippen molar-refractivity contribution in [1.29, 1.82) is 0 Å². The van der Waals surface area contributed by atoms with E-state index in [0.29, 0.717) is 10.5 Å². The monoisotopic (exact) mass is 295 g/mol. The van der Waals surface area contributed by atoms with Crippen LogP contribution in [0.15, 0.2) is 30.5 Å². The summed E-state index contributed by atoms with van der Waals surface area (Å²) in [4.78, 5) is 5.15. The number of anilines is 1. The zero-order valence-electron chi connectivity index (χ0n) is 11.1. The first-order valence-electron chi connectivity index (χ1n) is 6.30. The van der Waals surface area contributed by atoms with Crippen LogP contribution < -0.4 is 10.6 Å². The van der Waals surface area contributed by atoms with Gasteiger partial charge in [-0.3, -0.25) is 0 Å². The van der Waals surface area contributed by atoms with Crippen molar-refractivity contribution in [2.45, 2.75) is 33.0 Å². The molecule has 1 aromatic carbocycles. The van der Waals surface area contributed by atoms with Crippen molar-refractivity contribution in [3.63, 3.8) is 0 Å². The van der Waals surface area contributed by atoms with Gasteiger partial charge in [-0.1, -0.05) is 37.6 Å². The van der Waals surface area contributed by atoms with Crippen molar-refractivity contribution in [2.24, 2.45) is 0 Å². The zero-order chi connectivity index (χ0) is 13.7. The van der Waals surface area contributed by atoms with Crippen LogP contribution in [0.25, 0.3) is 0 Å². The standard InChI is InChI=1S/C14H18ClN3S/c1-10(2)16-7-11-3-5-12(6-4-11)17-8-13-9-18-14(15)19-13/h3-6,9-10,16-17H,7-8H2,1-2H3. The van der Waals surface area contributed by atoms with Crippen molar-refractivity contribution in [3.05, 3.63) is 45.4 Å². The molecule has 0 aliphatic carbocycles. The molecule has 0 saturated heterocycles. The quantitative estimate of drug-likeness (QED) is 0.848. The molecule has 0 spiro atoms. The van der Waals surface area contributed by atoms with E-state index in [-0.39, 0.29) is 0 Å². The van der Waals surface area contributed by atoms with Crippen molar-refractivity contribution in [1.82, 2.24) is 10.3 Å². The highest BCUT2D eigenvalue weighted by molar-refractivity contribution is 7.15. The minimum atomic E-state index is 0.508. The van der Waals surface area contributed by atoms with Crippen LogP contribution in [0.1, 0.15) is 24.3 Å². The van der Waals surface area contributed by atoms with Crippen LogP contribution >= 0.6 is 22.9 Å². The van der Waals surface area contributed by atoms with Gasteiger partial charge >= 0.3 is 0 Å². The van der Waals surface area contributed by atoms with E-state index in [0.717, 1.165) is 23.7 Å². The fourth-order valence-corrected chi connectivity index (χ4v) is 2.53. The van der Waals surface area contributed by atoms with Crippen molar-refractivity contribution >= 4 is 28.6 Å². The molecule has 2 rings (SSSR count). The summed E-state index contributed by atoms with van der Waals surface area (Å²) in [5.41, 5.74) is 2.40. The van der Waals surface area contributed by atoms with Crippen LogP contribution in [0.4, 0.5) is 5.69 Å². The largest absolute Gasteiger partial charge is 0.380 e. The van der Waals surface area contributed by atoms with E-state index in [2.05, 4.69) is 53.7 Å². The minimum Gasteiger partial charge on any atom is -0.380 e. The Morgan fingerprint density at radius 3 is 2.53 bits per heavy atom. The van der Waals surface area contributed by atoms with E-state index in [4.69, 9.17) is 11.6 Å². The highest BCUT2D eigenvalue weighted by Gasteiger charge is 2.00. The lowest BCUT2D eigenvalue weighted by Gasteiger charge is -2.09.